The fourth-order valence-corrected chi connectivity index (χ4v) is 13.0. The molecule has 9 aromatic carbocycles. The summed E-state index contributed by atoms with van der Waals surface area (Å²) in [6.07, 6.45) is 0. The summed E-state index contributed by atoms with van der Waals surface area (Å²) in [5.74, 6) is 1.92. The average molecular weight is 798 g/mol. The minimum Gasteiger partial charge on any atom is -0.208 e. The molecule has 0 saturated heterocycles. The molecular formula is C57H39N3S. The molecule has 0 N–H and O–H groups in total. The summed E-state index contributed by atoms with van der Waals surface area (Å²) in [7, 11) is -1.84. The van der Waals surface area contributed by atoms with Gasteiger partial charge in [0.05, 0.1) is 0 Å². The van der Waals surface area contributed by atoms with Crippen LogP contribution in [0.4, 0.5) is 0 Å². The lowest BCUT2D eigenvalue weighted by molar-refractivity contribution is 1.07. The topological polar surface area (TPSA) is 38.7 Å². The second-order valence-electron chi connectivity index (χ2n) is 15.2. The number of hydrogen-bond acceptors (Lipinski definition) is 3. The van der Waals surface area contributed by atoms with E-state index in [9.17, 15) is 0 Å². The van der Waals surface area contributed by atoms with Crippen LogP contribution >= 0.6 is 10.0 Å². The molecule has 1 aliphatic rings. The first-order valence-electron chi connectivity index (χ1n) is 20.6. The summed E-state index contributed by atoms with van der Waals surface area (Å²) in [6.45, 7) is 0. The Morgan fingerprint density at radius 3 is 1.13 bits per heavy atom. The third-order valence-corrected chi connectivity index (χ3v) is 15.5. The maximum atomic E-state index is 5.34. The maximum absolute atomic E-state index is 5.34. The molecule has 1 aliphatic heterocycles. The minimum absolute atomic E-state index is 0.632. The molecule has 288 valence electrons. The SMILES string of the molecule is c1ccc(-c2cc(-c3ccccc3)cc(-c3ccc(-c4nc(-c5ccccc5)nc(-c5cccc6c5-c5ccccc5S6(c5ccccc5)c5ccccc5)n4)cc3)c2)cc1. The molecule has 0 fully saturated rings. The first-order valence-corrected chi connectivity index (χ1v) is 22.2. The summed E-state index contributed by atoms with van der Waals surface area (Å²) in [4.78, 5) is 21.0. The van der Waals surface area contributed by atoms with Crippen LogP contribution in [-0.4, -0.2) is 15.0 Å². The molecule has 0 radical (unpaired) electrons. The Bertz CT molecular complexity index is 3060. The number of aromatic nitrogens is 3. The van der Waals surface area contributed by atoms with Gasteiger partial charge in [0.1, 0.15) is 0 Å². The number of benzene rings is 9. The molecule has 0 spiro atoms. The maximum Gasteiger partial charge on any atom is 0.164 e. The number of fused-ring (bicyclic) bond motifs is 3. The number of hydrogen-bond donors (Lipinski definition) is 0. The molecule has 0 aliphatic carbocycles. The minimum atomic E-state index is -1.84. The summed E-state index contributed by atoms with van der Waals surface area (Å²) in [5, 5.41) is 0. The van der Waals surface area contributed by atoms with Crippen LogP contribution in [0.1, 0.15) is 0 Å². The molecular weight excluding hydrogens is 759 g/mol. The van der Waals surface area contributed by atoms with Crippen molar-refractivity contribution >= 4 is 10.0 Å². The first kappa shape index (κ1) is 36.4. The lowest BCUT2D eigenvalue weighted by Crippen LogP contribution is -2.03. The zero-order chi connectivity index (χ0) is 40.6. The van der Waals surface area contributed by atoms with Crippen LogP contribution in [0.15, 0.2) is 256 Å². The molecule has 4 heteroatoms. The Kier molecular flexibility index (Phi) is 9.26. The van der Waals surface area contributed by atoms with E-state index >= 15 is 0 Å². The standard InChI is InChI=1S/C57H39N3S/c1-6-19-40(20-7-1)45-37-46(41-21-8-2-9-22-41)39-47(38-45)42-33-35-44(36-34-42)56-58-55(43-23-10-3-11-24-43)59-57(60-56)51-30-18-32-53-54(51)50-29-16-17-31-52(50)61(53,48-25-12-4-13-26-48)49-27-14-5-15-28-49/h1-39H. The van der Waals surface area contributed by atoms with Gasteiger partial charge in [0.15, 0.2) is 17.5 Å². The average Bonchev–Trinajstić information content (AvgIpc) is 3.66. The normalized spacial score (nSPS) is 12.9. The zero-order valence-electron chi connectivity index (χ0n) is 33.3. The molecule has 3 nitrogen and oxygen atoms in total. The molecule has 1 aromatic heterocycles. The summed E-state index contributed by atoms with van der Waals surface area (Å²) in [5.41, 5.74) is 12.3. The van der Waals surface area contributed by atoms with Gasteiger partial charge in [-0.25, -0.2) is 15.0 Å². The quantitative estimate of drug-likeness (QED) is 0.154. The van der Waals surface area contributed by atoms with Crippen molar-refractivity contribution < 1.29 is 0 Å². The predicted molar refractivity (Wildman–Crippen MR) is 251 cm³/mol. The van der Waals surface area contributed by atoms with E-state index < -0.39 is 10.0 Å². The van der Waals surface area contributed by atoms with Crippen LogP contribution < -0.4 is 0 Å². The number of nitrogens with zero attached hydrogens (tertiary/aromatic N) is 3. The third-order valence-electron chi connectivity index (χ3n) is 11.6. The molecule has 0 unspecified atom stereocenters. The molecule has 0 atom stereocenters. The lowest BCUT2D eigenvalue weighted by atomic mass is 9.93. The Balaban J connectivity index is 1.07. The van der Waals surface area contributed by atoms with Gasteiger partial charge in [-0.1, -0.05) is 182 Å². The molecule has 2 heterocycles. The van der Waals surface area contributed by atoms with Crippen molar-refractivity contribution in [1.29, 1.82) is 0 Å². The molecule has 0 amide bonds. The van der Waals surface area contributed by atoms with Crippen LogP contribution in [0.3, 0.4) is 0 Å². The second-order valence-corrected chi connectivity index (χ2v) is 18.2. The van der Waals surface area contributed by atoms with Crippen LogP contribution in [0.25, 0.3) is 78.7 Å². The highest BCUT2D eigenvalue weighted by atomic mass is 32.3. The summed E-state index contributed by atoms with van der Waals surface area (Å²) in [6, 6.07) is 84.6. The van der Waals surface area contributed by atoms with Gasteiger partial charge in [-0.05, 0) is 93.5 Å². The first-order chi connectivity index (χ1) is 30.2. The fourth-order valence-electron chi connectivity index (χ4n) is 8.74. The zero-order valence-corrected chi connectivity index (χ0v) is 34.1. The number of rotatable bonds is 8. The van der Waals surface area contributed by atoms with Crippen LogP contribution in [0.5, 0.6) is 0 Å². The molecule has 11 rings (SSSR count). The molecule has 0 bridgehead atoms. The molecule has 10 aromatic rings. The fraction of sp³-hybridized carbons (Fsp3) is 0. The Morgan fingerprint density at radius 1 is 0.246 bits per heavy atom. The van der Waals surface area contributed by atoms with Crippen molar-refractivity contribution in [2.45, 2.75) is 19.6 Å². The highest BCUT2D eigenvalue weighted by Crippen LogP contribution is 2.80. The van der Waals surface area contributed by atoms with Gasteiger partial charge in [-0.3, -0.25) is 0 Å². The Morgan fingerprint density at radius 2 is 0.607 bits per heavy atom. The van der Waals surface area contributed by atoms with Crippen LogP contribution in [0.2, 0.25) is 0 Å². The molecule has 61 heavy (non-hydrogen) atoms. The van der Waals surface area contributed by atoms with E-state index in [-0.39, 0.29) is 0 Å². The van der Waals surface area contributed by atoms with Crippen molar-refractivity contribution in [3.05, 3.63) is 237 Å². The van der Waals surface area contributed by atoms with Crippen molar-refractivity contribution in [2.75, 3.05) is 0 Å². The highest BCUT2D eigenvalue weighted by Gasteiger charge is 2.43. The monoisotopic (exact) mass is 797 g/mol. The predicted octanol–water partition coefficient (Wildman–Crippen LogP) is 15.2. The van der Waals surface area contributed by atoms with Crippen molar-refractivity contribution in [1.82, 2.24) is 15.0 Å². The summed E-state index contributed by atoms with van der Waals surface area (Å²) < 4.78 is 0. The van der Waals surface area contributed by atoms with E-state index in [1.54, 1.807) is 0 Å². The van der Waals surface area contributed by atoms with Gasteiger partial charge in [-0.2, -0.15) is 0 Å². The van der Waals surface area contributed by atoms with E-state index in [4.69, 9.17) is 15.0 Å². The third kappa shape index (κ3) is 6.46. The van der Waals surface area contributed by atoms with E-state index in [2.05, 4.69) is 218 Å². The van der Waals surface area contributed by atoms with Crippen molar-refractivity contribution in [3.63, 3.8) is 0 Å². The van der Waals surface area contributed by atoms with E-state index in [1.807, 2.05) is 18.2 Å². The van der Waals surface area contributed by atoms with E-state index in [0.29, 0.717) is 17.5 Å². The smallest absolute Gasteiger partial charge is 0.164 e. The van der Waals surface area contributed by atoms with E-state index in [1.165, 1.54) is 53.0 Å². The summed E-state index contributed by atoms with van der Waals surface area (Å²) >= 11 is 0. The Labute approximate surface area is 358 Å². The Hall–Kier alpha value is -7.66. The largest absolute Gasteiger partial charge is 0.208 e. The second kappa shape index (κ2) is 15.5. The van der Waals surface area contributed by atoms with E-state index in [0.717, 1.165) is 27.8 Å². The molecule has 0 saturated carbocycles. The highest BCUT2D eigenvalue weighted by molar-refractivity contribution is 8.34. The van der Waals surface area contributed by atoms with Gasteiger partial charge < -0.3 is 0 Å². The van der Waals surface area contributed by atoms with Crippen molar-refractivity contribution in [3.8, 4) is 78.7 Å². The van der Waals surface area contributed by atoms with Crippen molar-refractivity contribution in [2.24, 2.45) is 0 Å². The van der Waals surface area contributed by atoms with Gasteiger partial charge in [0, 0.05) is 41.8 Å². The van der Waals surface area contributed by atoms with Gasteiger partial charge in [0.2, 0.25) is 0 Å². The van der Waals surface area contributed by atoms with Crippen LogP contribution in [0, 0.1) is 0 Å². The van der Waals surface area contributed by atoms with Crippen LogP contribution in [-0.2, 0) is 0 Å². The van der Waals surface area contributed by atoms with Gasteiger partial charge in [-0.15, -0.1) is 10.0 Å². The van der Waals surface area contributed by atoms with Gasteiger partial charge in [0.25, 0.3) is 0 Å². The lowest BCUT2D eigenvalue weighted by Gasteiger charge is -2.39. The van der Waals surface area contributed by atoms with Gasteiger partial charge >= 0.3 is 0 Å².